The van der Waals surface area contributed by atoms with Gasteiger partial charge in [0.15, 0.2) is 0 Å². The van der Waals surface area contributed by atoms with Crippen LogP contribution >= 0.6 is 0 Å². The number of aliphatic hydroxyl groups is 2. The Balaban J connectivity index is 1.98. The van der Waals surface area contributed by atoms with Gasteiger partial charge in [-0.3, -0.25) is 0 Å². The van der Waals surface area contributed by atoms with Crippen LogP contribution in [0.1, 0.15) is 65.2 Å². The van der Waals surface area contributed by atoms with Gasteiger partial charge in [-0.25, -0.2) is 0 Å². The number of hydrogen-bond acceptors (Lipinski definition) is 2. The lowest BCUT2D eigenvalue weighted by Crippen LogP contribution is -2.46. The lowest BCUT2D eigenvalue weighted by molar-refractivity contribution is -0.0922. The van der Waals surface area contributed by atoms with Crippen LogP contribution in [-0.4, -0.2) is 21.4 Å². The fraction of sp³-hybridized carbons (Fsp3) is 1.00. The molecule has 3 aliphatic carbocycles. The Bertz CT molecular complexity index is 320. The van der Waals surface area contributed by atoms with E-state index in [-0.39, 0.29) is 0 Å². The van der Waals surface area contributed by atoms with Crippen LogP contribution in [0.15, 0.2) is 0 Å². The van der Waals surface area contributed by atoms with Crippen molar-refractivity contribution in [2.24, 2.45) is 23.7 Å². The maximum absolute atomic E-state index is 11.2. The third kappa shape index (κ3) is 1.76. The van der Waals surface area contributed by atoms with Crippen molar-refractivity contribution in [3.63, 3.8) is 0 Å². The molecule has 0 aromatic heterocycles. The molecule has 3 rings (SSSR count). The SMILES string of the molecule is CC(C)(O)[C@H]1C2CCCCC2C2(O)CCCCC12. The molecule has 0 spiro atoms. The molecule has 3 aliphatic rings. The van der Waals surface area contributed by atoms with Gasteiger partial charge in [0.2, 0.25) is 0 Å². The summed E-state index contributed by atoms with van der Waals surface area (Å²) in [5.41, 5.74) is -1.08. The zero-order chi connectivity index (χ0) is 13.0. The van der Waals surface area contributed by atoms with E-state index >= 15 is 0 Å². The fourth-order valence-corrected chi connectivity index (χ4v) is 5.68. The third-order valence-corrected chi connectivity index (χ3v) is 6.16. The van der Waals surface area contributed by atoms with Gasteiger partial charge in [0, 0.05) is 0 Å². The molecule has 0 aromatic rings. The normalized spacial score (nSPS) is 48.7. The second kappa shape index (κ2) is 4.21. The van der Waals surface area contributed by atoms with Gasteiger partial charge in [0.05, 0.1) is 11.2 Å². The summed E-state index contributed by atoms with van der Waals surface area (Å²) in [6.07, 6.45) is 9.48. The zero-order valence-corrected chi connectivity index (χ0v) is 11.9. The summed E-state index contributed by atoms with van der Waals surface area (Å²) in [6.45, 7) is 3.92. The van der Waals surface area contributed by atoms with E-state index in [1.165, 1.54) is 38.5 Å². The van der Waals surface area contributed by atoms with E-state index in [1.807, 2.05) is 13.8 Å². The van der Waals surface area contributed by atoms with E-state index in [1.54, 1.807) is 0 Å². The minimum absolute atomic E-state index is 0.313. The summed E-state index contributed by atoms with van der Waals surface area (Å²) in [5.74, 6) is 1.69. The Hall–Kier alpha value is -0.0800. The first-order valence-corrected chi connectivity index (χ1v) is 7.89. The molecule has 0 amide bonds. The quantitative estimate of drug-likeness (QED) is 0.753. The molecule has 0 aromatic carbocycles. The lowest BCUT2D eigenvalue weighted by Gasteiger charge is -2.42. The zero-order valence-electron chi connectivity index (χ0n) is 11.9. The first-order chi connectivity index (χ1) is 8.44. The molecule has 0 bridgehead atoms. The molecule has 3 fully saturated rings. The standard InChI is InChI=1S/C16H28O2/c1-15(2,17)14-11-7-3-4-8-12(11)16(18)10-6-5-9-13(14)16/h11-14,17-18H,3-10H2,1-2H3/t11?,12?,13?,14-,16?/m0/s1. The molecule has 104 valence electrons. The van der Waals surface area contributed by atoms with E-state index in [2.05, 4.69) is 0 Å². The number of fused-ring (bicyclic) bond motifs is 3. The van der Waals surface area contributed by atoms with Crippen LogP contribution in [0.4, 0.5) is 0 Å². The van der Waals surface area contributed by atoms with Gasteiger partial charge in [-0.15, -0.1) is 0 Å². The maximum Gasteiger partial charge on any atom is 0.0710 e. The molecule has 0 saturated heterocycles. The topological polar surface area (TPSA) is 40.5 Å². The second-order valence-electron chi connectivity index (χ2n) is 7.58. The summed E-state index contributed by atoms with van der Waals surface area (Å²) >= 11 is 0. The molecule has 2 nitrogen and oxygen atoms in total. The van der Waals surface area contributed by atoms with Crippen LogP contribution in [0.25, 0.3) is 0 Å². The van der Waals surface area contributed by atoms with Crippen LogP contribution in [0.5, 0.6) is 0 Å². The smallest absolute Gasteiger partial charge is 0.0710 e. The Morgan fingerprint density at radius 3 is 2.28 bits per heavy atom. The lowest BCUT2D eigenvalue weighted by atomic mass is 9.69. The first-order valence-electron chi connectivity index (χ1n) is 7.89. The van der Waals surface area contributed by atoms with Crippen LogP contribution < -0.4 is 0 Å². The van der Waals surface area contributed by atoms with Gasteiger partial charge in [0.25, 0.3) is 0 Å². The highest BCUT2D eigenvalue weighted by molar-refractivity contribution is 5.12. The highest BCUT2D eigenvalue weighted by Gasteiger charge is 2.62. The molecule has 2 N–H and O–H groups in total. The molecule has 0 radical (unpaired) electrons. The Labute approximate surface area is 111 Å². The van der Waals surface area contributed by atoms with Crippen molar-refractivity contribution in [1.29, 1.82) is 0 Å². The molecule has 2 heteroatoms. The van der Waals surface area contributed by atoms with Crippen molar-refractivity contribution in [1.82, 2.24) is 0 Å². The largest absolute Gasteiger partial charge is 0.390 e. The number of hydrogen-bond donors (Lipinski definition) is 2. The summed E-state index contributed by atoms with van der Waals surface area (Å²) in [6, 6.07) is 0. The van der Waals surface area contributed by atoms with Gasteiger partial charge >= 0.3 is 0 Å². The highest BCUT2D eigenvalue weighted by Crippen LogP contribution is 2.61. The molecular weight excluding hydrogens is 224 g/mol. The molecule has 18 heavy (non-hydrogen) atoms. The second-order valence-corrected chi connectivity index (χ2v) is 7.58. The Morgan fingerprint density at radius 1 is 0.944 bits per heavy atom. The molecular formula is C16H28O2. The molecule has 0 heterocycles. The van der Waals surface area contributed by atoms with Gasteiger partial charge in [-0.2, -0.15) is 0 Å². The summed E-state index contributed by atoms with van der Waals surface area (Å²) in [5, 5.41) is 21.8. The van der Waals surface area contributed by atoms with E-state index in [0.29, 0.717) is 23.7 Å². The van der Waals surface area contributed by atoms with Gasteiger partial charge in [-0.1, -0.05) is 25.7 Å². The van der Waals surface area contributed by atoms with Crippen LogP contribution in [0.2, 0.25) is 0 Å². The van der Waals surface area contributed by atoms with E-state index < -0.39 is 11.2 Å². The Kier molecular flexibility index (Phi) is 3.02. The fourth-order valence-electron chi connectivity index (χ4n) is 5.68. The number of rotatable bonds is 1. The summed E-state index contributed by atoms with van der Waals surface area (Å²) in [7, 11) is 0. The molecule has 0 aliphatic heterocycles. The van der Waals surface area contributed by atoms with Crippen LogP contribution in [-0.2, 0) is 0 Å². The van der Waals surface area contributed by atoms with Crippen molar-refractivity contribution < 1.29 is 10.2 Å². The van der Waals surface area contributed by atoms with Gasteiger partial charge in [0.1, 0.15) is 0 Å². The average molecular weight is 252 g/mol. The summed E-state index contributed by atoms with van der Waals surface area (Å²) < 4.78 is 0. The van der Waals surface area contributed by atoms with E-state index in [4.69, 9.17) is 0 Å². The van der Waals surface area contributed by atoms with E-state index in [0.717, 1.165) is 12.8 Å². The predicted molar refractivity (Wildman–Crippen MR) is 72.1 cm³/mol. The van der Waals surface area contributed by atoms with Crippen molar-refractivity contribution in [3.8, 4) is 0 Å². The minimum atomic E-state index is -0.632. The first kappa shape index (κ1) is 12.9. The van der Waals surface area contributed by atoms with Crippen LogP contribution in [0, 0.1) is 23.7 Å². The van der Waals surface area contributed by atoms with Crippen molar-refractivity contribution >= 4 is 0 Å². The van der Waals surface area contributed by atoms with Gasteiger partial charge < -0.3 is 10.2 Å². The molecule has 3 saturated carbocycles. The van der Waals surface area contributed by atoms with E-state index in [9.17, 15) is 10.2 Å². The maximum atomic E-state index is 11.2. The minimum Gasteiger partial charge on any atom is -0.390 e. The Morgan fingerprint density at radius 2 is 1.56 bits per heavy atom. The van der Waals surface area contributed by atoms with Crippen LogP contribution in [0.3, 0.4) is 0 Å². The third-order valence-electron chi connectivity index (χ3n) is 6.16. The highest BCUT2D eigenvalue weighted by atomic mass is 16.3. The van der Waals surface area contributed by atoms with Gasteiger partial charge in [-0.05, 0) is 63.2 Å². The average Bonchev–Trinajstić information content (AvgIpc) is 2.58. The van der Waals surface area contributed by atoms with Crippen molar-refractivity contribution in [2.45, 2.75) is 76.4 Å². The predicted octanol–water partition coefficient (Wildman–Crippen LogP) is 3.11. The van der Waals surface area contributed by atoms with Crippen molar-refractivity contribution in [3.05, 3.63) is 0 Å². The van der Waals surface area contributed by atoms with Crippen molar-refractivity contribution in [2.75, 3.05) is 0 Å². The molecule has 5 atom stereocenters. The monoisotopic (exact) mass is 252 g/mol. The molecule has 4 unspecified atom stereocenters. The summed E-state index contributed by atoms with van der Waals surface area (Å²) in [4.78, 5) is 0.